The predicted molar refractivity (Wildman–Crippen MR) is 82.5 cm³/mol. The fraction of sp³-hybridized carbons (Fsp3) is 0.353. The summed E-state index contributed by atoms with van der Waals surface area (Å²) in [4.78, 5) is 16.7. The van der Waals surface area contributed by atoms with Crippen LogP contribution in [-0.2, 0) is 11.0 Å². The molecule has 0 aliphatic heterocycles. The van der Waals surface area contributed by atoms with E-state index in [9.17, 15) is 23.2 Å². The van der Waals surface area contributed by atoms with Gasteiger partial charge in [0.1, 0.15) is 5.01 Å². The molecule has 0 amide bonds. The number of ketones is 1. The minimum absolute atomic E-state index is 0.135. The predicted octanol–water partition coefficient (Wildman–Crippen LogP) is 4.45. The van der Waals surface area contributed by atoms with E-state index < -0.39 is 29.5 Å². The Morgan fingerprint density at radius 1 is 1.42 bits per heavy atom. The van der Waals surface area contributed by atoms with Crippen molar-refractivity contribution >= 4 is 17.1 Å². The molecule has 0 radical (unpaired) electrons. The van der Waals surface area contributed by atoms with Crippen molar-refractivity contribution in [2.24, 2.45) is 5.92 Å². The van der Waals surface area contributed by atoms with Crippen molar-refractivity contribution in [3.8, 4) is 6.07 Å². The summed E-state index contributed by atoms with van der Waals surface area (Å²) in [6.07, 6.45) is -4.11. The van der Waals surface area contributed by atoms with Gasteiger partial charge in [-0.05, 0) is 30.9 Å². The number of thiazole rings is 1. The van der Waals surface area contributed by atoms with E-state index in [1.54, 1.807) is 12.3 Å². The van der Waals surface area contributed by atoms with Gasteiger partial charge in [0.05, 0.1) is 11.6 Å². The zero-order chi connectivity index (χ0) is 17.5. The first-order valence-electron chi connectivity index (χ1n) is 7.34. The molecule has 0 bridgehead atoms. The number of benzene rings is 1. The van der Waals surface area contributed by atoms with Gasteiger partial charge in [0.15, 0.2) is 11.7 Å². The van der Waals surface area contributed by atoms with E-state index >= 15 is 0 Å². The van der Waals surface area contributed by atoms with Gasteiger partial charge in [-0.3, -0.25) is 4.79 Å². The summed E-state index contributed by atoms with van der Waals surface area (Å²) in [5.74, 6) is -2.37. The fourth-order valence-corrected chi connectivity index (χ4v) is 3.74. The Balaban J connectivity index is 1.83. The lowest BCUT2D eigenvalue weighted by atomic mass is 9.96. The average molecular weight is 350 g/mol. The number of rotatable bonds is 4. The molecule has 7 heteroatoms. The molecule has 0 saturated heterocycles. The Kier molecular flexibility index (Phi) is 4.18. The third-order valence-corrected chi connectivity index (χ3v) is 5.15. The van der Waals surface area contributed by atoms with Gasteiger partial charge >= 0.3 is 6.18 Å². The first-order valence-corrected chi connectivity index (χ1v) is 8.22. The Labute approximate surface area is 140 Å². The first-order chi connectivity index (χ1) is 11.3. The average Bonchev–Trinajstić information content (AvgIpc) is 3.23. The van der Waals surface area contributed by atoms with Crippen LogP contribution in [0.1, 0.15) is 40.1 Å². The molecule has 1 heterocycles. The number of carbonyl (C=O) groups excluding carboxylic acids is 1. The van der Waals surface area contributed by atoms with Crippen LogP contribution in [0.5, 0.6) is 0 Å². The zero-order valence-corrected chi connectivity index (χ0v) is 13.5. The minimum Gasteiger partial charge on any atom is -0.297 e. The maximum Gasteiger partial charge on any atom is 0.416 e. The summed E-state index contributed by atoms with van der Waals surface area (Å²) in [5, 5.41) is 11.5. The molecule has 2 aromatic rings. The summed E-state index contributed by atoms with van der Waals surface area (Å²) in [7, 11) is 0. The molecule has 1 aliphatic rings. The van der Waals surface area contributed by atoms with E-state index in [2.05, 4.69) is 4.98 Å². The molecule has 24 heavy (non-hydrogen) atoms. The number of alkyl halides is 3. The maximum absolute atomic E-state index is 13.1. The fourth-order valence-electron chi connectivity index (χ4n) is 2.89. The largest absolute Gasteiger partial charge is 0.416 e. The zero-order valence-electron chi connectivity index (χ0n) is 12.7. The Morgan fingerprint density at radius 2 is 2.12 bits per heavy atom. The molecule has 1 aliphatic carbocycles. The summed E-state index contributed by atoms with van der Waals surface area (Å²) >= 11 is 1.23. The molecule has 1 aromatic heterocycles. The van der Waals surface area contributed by atoms with Gasteiger partial charge in [0.25, 0.3) is 0 Å². The highest BCUT2D eigenvalue weighted by Gasteiger charge is 2.49. The van der Waals surface area contributed by atoms with Crippen LogP contribution in [0.25, 0.3) is 0 Å². The van der Waals surface area contributed by atoms with Crippen LogP contribution in [0.2, 0.25) is 0 Å². The van der Waals surface area contributed by atoms with Gasteiger partial charge in [0, 0.05) is 17.0 Å². The molecule has 0 N–H and O–H groups in total. The Hall–Kier alpha value is -2.20. The lowest BCUT2D eigenvalue weighted by Crippen LogP contribution is -2.15. The van der Waals surface area contributed by atoms with Crippen molar-refractivity contribution in [1.29, 1.82) is 5.26 Å². The SMILES string of the molecule is Cc1csc([C@H](C#N)C(=O)[C@@H]2C[C@@H]2c2ccccc2C(F)(F)F)n1. The third kappa shape index (κ3) is 3.06. The third-order valence-electron chi connectivity index (χ3n) is 4.12. The van der Waals surface area contributed by atoms with Crippen LogP contribution in [0.4, 0.5) is 13.2 Å². The lowest BCUT2D eigenvalue weighted by Gasteiger charge is -2.12. The molecule has 3 atom stereocenters. The standard InChI is InChI=1S/C17H13F3N2OS/c1-9-8-24-16(22-9)13(7-21)15(23)12-6-11(12)10-4-2-3-5-14(10)17(18,19)20/h2-5,8,11-13H,6H2,1H3/t11-,12-,13-/m1/s1. The van der Waals surface area contributed by atoms with E-state index in [-0.39, 0.29) is 11.3 Å². The molecule has 0 spiro atoms. The second kappa shape index (κ2) is 6.02. The van der Waals surface area contributed by atoms with E-state index in [4.69, 9.17) is 0 Å². The molecule has 3 nitrogen and oxygen atoms in total. The molecule has 1 fully saturated rings. The van der Waals surface area contributed by atoms with Gasteiger partial charge in [-0.15, -0.1) is 11.3 Å². The summed E-state index contributed by atoms with van der Waals surface area (Å²) in [5.41, 5.74) is 0.150. The number of halogens is 3. The minimum atomic E-state index is -4.45. The molecular weight excluding hydrogens is 337 g/mol. The van der Waals surface area contributed by atoms with Crippen molar-refractivity contribution in [2.75, 3.05) is 0 Å². The first kappa shape index (κ1) is 16.7. The van der Waals surface area contributed by atoms with Crippen LogP contribution < -0.4 is 0 Å². The van der Waals surface area contributed by atoms with Crippen molar-refractivity contribution in [2.45, 2.75) is 31.4 Å². The van der Waals surface area contributed by atoms with Crippen LogP contribution >= 0.6 is 11.3 Å². The van der Waals surface area contributed by atoms with Crippen molar-refractivity contribution in [3.63, 3.8) is 0 Å². The molecule has 3 rings (SSSR count). The number of hydrogen-bond acceptors (Lipinski definition) is 4. The van der Waals surface area contributed by atoms with Gasteiger partial charge < -0.3 is 0 Å². The maximum atomic E-state index is 13.1. The smallest absolute Gasteiger partial charge is 0.297 e. The van der Waals surface area contributed by atoms with E-state index in [1.807, 2.05) is 6.07 Å². The Bertz CT molecular complexity index is 822. The number of aryl methyl sites for hydroxylation is 1. The molecule has 0 unspecified atom stereocenters. The number of nitriles is 1. The summed E-state index contributed by atoms with van der Waals surface area (Å²) in [6, 6.07) is 7.26. The van der Waals surface area contributed by atoms with Gasteiger partial charge in [-0.2, -0.15) is 18.4 Å². The summed E-state index contributed by atoms with van der Waals surface area (Å²) < 4.78 is 39.3. The van der Waals surface area contributed by atoms with Gasteiger partial charge in [-0.1, -0.05) is 18.2 Å². The van der Waals surface area contributed by atoms with Crippen LogP contribution in [-0.4, -0.2) is 10.8 Å². The highest BCUT2D eigenvalue weighted by atomic mass is 32.1. The summed E-state index contributed by atoms with van der Waals surface area (Å²) in [6.45, 7) is 1.76. The quantitative estimate of drug-likeness (QED) is 0.818. The molecule has 1 saturated carbocycles. The van der Waals surface area contributed by atoms with E-state index in [0.29, 0.717) is 11.4 Å². The highest BCUT2D eigenvalue weighted by Crippen LogP contribution is 2.53. The van der Waals surface area contributed by atoms with Crippen LogP contribution in [0.3, 0.4) is 0 Å². The second-order valence-electron chi connectivity index (χ2n) is 5.83. The molecular formula is C17H13F3N2OS. The van der Waals surface area contributed by atoms with Crippen LogP contribution in [0, 0.1) is 24.2 Å². The number of nitrogens with zero attached hydrogens (tertiary/aromatic N) is 2. The number of aromatic nitrogens is 1. The highest BCUT2D eigenvalue weighted by molar-refractivity contribution is 7.09. The lowest BCUT2D eigenvalue weighted by molar-refractivity contribution is -0.138. The van der Waals surface area contributed by atoms with Crippen molar-refractivity contribution in [3.05, 3.63) is 51.5 Å². The van der Waals surface area contributed by atoms with Crippen molar-refractivity contribution < 1.29 is 18.0 Å². The second-order valence-corrected chi connectivity index (χ2v) is 6.71. The number of Topliss-reactive ketones (excluding diaryl/α,β-unsaturated/α-hetero) is 1. The molecule has 124 valence electrons. The monoisotopic (exact) mass is 350 g/mol. The van der Waals surface area contributed by atoms with Crippen molar-refractivity contribution in [1.82, 2.24) is 4.98 Å². The Morgan fingerprint density at radius 3 is 2.71 bits per heavy atom. The molecule has 1 aromatic carbocycles. The number of carbonyl (C=O) groups is 1. The van der Waals surface area contributed by atoms with E-state index in [0.717, 1.165) is 11.8 Å². The van der Waals surface area contributed by atoms with Gasteiger partial charge in [0.2, 0.25) is 0 Å². The van der Waals surface area contributed by atoms with Crippen LogP contribution in [0.15, 0.2) is 29.6 Å². The topological polar surface area (TPSA) is 53.8 Å². The van der Waals surface area contributed by atoms with E-state index in [1.165, 1.54) is 29.5 Å². The van der Waals surface area contributed by atoms with Gasteiger partial charge in [-0.25, -0.2) is 4.98 Å². The number of hydrogen-bond donors (Lipinski definition) is 0. The normalized spacial score (nSPS) is 21.1.